The van der Waals surface area contributed by atoms with Gasteiger partial charge in [0.05, 0.1) is 28.3 Å². The number of carbonyl (C=O) groups is 1. The van der Waals surface area contributed by atoms with Crippen molar-refractivity contribution >= 4 is 25.6 Å². The van der Waals surface area contributed by atoms with Crippen LogP contribution in [0.15, 0.2) is 29.2 Å². The van der Waals surface area contributed by atoms with Gasteiger partial charge in [-0.25, -0.2) is 16.8 Å². The monoisotopic (exact) mass is 404 g/mol. The Balaban J connectivity index is 2.16. The molecule has 1 heterocycles. The van der Waals surface area contributed by atoms with Crippen molar-refractivity contribution in [2.24, 2.45) is 0 Å². The van der Waals surface area contributed by atoms with E-state index in [-0.39, 0.29) is 23.1 Å². The van der Waals surface area contributed by atoms with Crippen molar-refractivity contribution in [2.75, 3.05) is 31.2 Å². The molecule has 2 N–H and O–H groups in total. The Morgan fingerprint density at radius 3 is 2.42 bits per heavy atom. The van der Waals surface area contributed by atoms with Gasteiger partial charge in [0.1, 0.15) is 5.75 Å². The number of amides is 1. The third-order valence-corrected chi connectivity index (χ3v) is 8.23. The van der Waals surface area contributed by atoms with Gasteiger partial charge in [0.25, 0.3) is 0 Å². The van der Waals surface area contributed by atoms with Gasteiger partial charge in [-0.05, 0) is 31.2 Å². The van der Waals surface area contributed by atoms with E-state index in [2.05, 4.69) is 10.6 Å². The van der Waals surface area contributed by atoms with Crippen molar-refractivity contribution in [1.29, 1.82) is 0 Å². The van der Waals surface area contributed by atoms with Crippen molar-refractivity contribution in [3.8, 4) is 5.75 Å². The first kappa shape index (κ1) is 20.7. The van der Waals surface area contributed by atoms with Crippen molar-refractivity contribution in [3.05, 3.63) is 24.3 Å². The molecule has 146 valence electrons. The van der Waals surface area contributed by atoms with Gasteiger partial charge in [0.2, 0.25) is 5.91 Å². The van der Waals surface area contributed by atoms with Crippen LogP contribution < -0.4 is 15.4 Å². The Morgan fingerprint density at radius 1 is 1.19 bits per heavy atom. The van der Waals surface area contributed by atoms with Gasteiger partial charge in [-0.1, -0.05) is 0 Å². The average Bonchev–Trinajstić information content (AvgIpc) is 2.88. The molecule has 1 aromatic carbocycles. The van der Waals surface area contributed by atoms with Gasteiger partial charge < -0.3 is 15.4 Å². The number of benzene rings is 1. The van der Waals surface area contributed by atoms with E-state index in [0.717, 1.165) is 0 Å². The SMILES string of the molecule is CCOc1ccc(S(=O)(=O)[C@H]2CS(=O)(=O)C[C@@H]2NCCNC(C)=O)cc1. The Kier molecular flexibility index (Phi) is 6.64. The first-order chi connectivity index (χ1) is 12.2. The molecule has 2 rings (SSSR count). The molecule has 0 unspecified atom stereocenters. The van der Waals surface area contributed by atoms with Crippen LogP contribution in [0.1, 0.15) is 13.8 Å². The second-order valence-electron chi connectivity index (χ2n) is 6.11. The molecule has 1 saturated heterocycles. The molecule has 1 aliphatic rings. The number of carbonyl (C=O) groups excluding carboxylic acids is 1. The lowest BCUT2D eigenvalue weighted by Crippen LogP contribution is -2.45. The largest absolute Gasteiger partial charge is 0.494 e. The molecule has 0 bridgehead atoms. The number of hydrogen-bond donors (Lipinski definition) is 2. The normalized spacial score (nSPS) is 22.1. The Morgan fingerprint density at radius 2 is 1.85 bits per heavy atom. The molecule has 2 atom stereocenters. The van der Waals surface area contributed by atoms with E-state index in [1.165, 1.54) is 19.1 Å². The number of sulfone groups is 2. The zero-order chi connectivity index (χ0) is 19.4. The zero-order valence-electron chi connectivity index (χ0n) is 14.8. The minimum atomic E-state index is -3.83. The summed E-state index contributed by atoms with van der Waals surface area (Å²) in [6.45, 7) is 4.24. The molecule has 1 aromatic rings. The summed E-state index contributed by atoms with van der Waals surface area (Å²) in [4.78, 5) is 11.0. The molecular weight excluding hydrogens is 380 g/mol. The van der Waals surface area contributed by atoms with Crippen molar-refractivity contribution in [3.63, 3.8) is 0 Å². The molecule has 1 amide bonds. The first-order valence-corrected chi connectivity index (χ1v) is 11.7. The average molecular weight is 405 g/mol. The van der Waals surface area contributed by atoms with Gasteiger partial charge in [-0.3, -0.25) is 4.79 Å². The fourth-order valence-corrected chi connectivity index (χ4v) is 7.59. The number of ether oxygens (including phenoxy) is 1. The maximum Gasteiger partial charge on any atom is 0.216 e. The first-order valence-electron chi connectivity index (χ1n) is 8.30. The second-order valence-corrected chi connectivity index (χ2v) is 10.4. The summed E-state index contributed by atoms with van der Waals surface area (Å²) in [5.41, 5.74) is 0. The summed E-state index contributed by atoms with van der Waals surface area (Å²) in [5.74, 6) is -0.311. The summed E-state index contributed by atoms with van der Waals surface area (Å²) in [6.07, 6.45) is 0. The highest BCUT2D eigenvalue weighted by molar-refractivity contribution is 7.96. The summed E-state index contributed by atoms with van der Waals surface area (Å²) >= 11 is 0. The van der Waals surface area contributed by atoms with E-state index < -0.39 is 36.7 Å². The maximum atomic E-state index is 12.9. The van der Waals surface area contributed by atoms with E-state index in [1.807, 2.05) is 6.92 Å². The Hall–Kier alpha value is -1.65. The lowest BCUT2D eigenvalue weighted by atomic mass is 10.2. The predicted octanol–water partition coefficient (Wildman–Crippen LogP) is -0.250. The highest BCUT2D eigenvalue weighted by atomic mass is 32.2. The van der Waals surface area contributed by atoms with E-state index in [1.54, 1.807) is 12.1 Å². The van der Waals surface area contributed by atoms with Crippen LogP contribution in [0.2, 0.25) is 0 Å². The minimum Gasteiger partial charge on any atom is -0.494 e. The van der Waals surface area contributed by atoms with Crippen molar-refractivity contribution in [1.82, 2.24) is 10.6 Å². The highest BCUT2D eigenvalue weighted by Crippen LogP contribution is 2.27. The number of hydrogen-bond acceptors (Lipinski definition) is 7. The topological polar surface area (TPSA) is 119 Å². The Bertz CT molecular complexity index is 834. The molecule has 0 aliphatic carbocycles. The van der Waals surface area contributed by atoms with Gasteiger partial charge in [-0.15, -0.1) is 0 Å². The molecule has 0 radical (unpaired) electrons. The van der Waals surface area contributed by atoms with Gasteiger partial charge >= 0.3 is 0 Å². The fraction of sp³-hybridized carbons (Fsp3) is 0.562. The summed E-state index contributed by atoms with van der Waals surface area (Å²) in [6, 6.07) is 5.25. The summed E-state index contributed by atoms with van der Waals surface area (Å²) in [5, 5.41) is 4.47. The molecule has 0 saturated carbocycles. The molecule has 1 aliphatic heterocycles. The van der Waals surface area contributed by atoms with Gasteiger partial charge in [-0.2, -0.15) is 0 Å². The smallest absolute Gasteiger partial charge is 0.216 e. The predicted molar refractivity (Wildman–Crippen MR) is 97.7 cm³/mol. The maximum absolute atomic E-state index is 12.9. The zero-order valence-corrected chi connectivity index (χ0v) is 16.4. The van der Waals surface area contributed by atoms with E-state index in [4.69, 9.17) is 4.74 Å². The van der Waals surface area contributed by atoms with Crippen LogP contribution in [0.3, 0.4) is 0 Å². The standard InChI is InChI=1S/C16H24N2O6S2/c1-3-24-13-4-6-14(7-5-13)26(22,23)16-11-25(20,21)10-15(16)18-9-8-17-12(2)19/h4-7,15-16,18H,3,8-11H2,1-2H3,(H,17,19)/t15-,16-/m0/s1. The minimum absolute atomic E-state index is 0.0664. The molecule has 1 fully saturated rings. The van der Waals surface area contributed by atoms with Crippen molar-refractivity contribution in [2.45, 2.75) is 30.0 Å². The third kappa shape index (κ3) is 5.18. The molecule has 10 heteroatoms. The summed E-state index contributed by atoms with van der Waals surface area (Å²) in [7, 11) is -7.29. The lowest BCUT2D eigenvalue weighted by Gasteiger charge is -2.20. The summed E-state index contributed by atoms with van der Waals surface area (Å²) < 4.78 is 55.2. The van der Waals surface area contributed by atoms with Crippen LogP contribution in [-0.4, -0.2) is 65.2 Å². The molecule has 0 aromatic heterocycles. The molecular formula is C16H24N2O6S2. The molecule has 0 spiro atoms. The van der Waals surface area contributed by atoms with Crippen LogP contribution in [0, 0.1) is 0 Å². The van der Waals surface area contributed by atoms with Crippen LogP contribution in [0.4, 0.5) is 0 Å². The molecule has 26 heavy (non-hydrogen) atoms. The van der Waals surface area contributed by atoms with Crippen LogP contribution in [0.25, 0.3) is 0 Å². The number of rotatable bonds is 8. The van der Waals surface area contributed by atoms with Gasteiger partial charge in [0, 0.05) is 26.1 Å². The van der Waals surface area contributed by atoms with E-state index in [0.29, 0.717) is 18.9 Å². The second kappa shape index (κ2) is 8.36. The highest BCUT2D eigenvalue weighted by Gasteiger charge is 2.45. The Labute approximate surface area is 154 Å². The van der Waals surface area contributed by atoms with Crippen LogP contribution in [-0.2, 0) is 24.5 Å². The van der Waals surface area contributed by atoms with E-state index in [9.17, 15) is 21.6 Å². The quantitative estimate of drug-likeness (QED) is 0.574. The van der Waals surface area contributed by atoms with Gasteiger partial charge in [0.15, 0.2) is 19.7 Å². The fourth-order valence-electron chi connectivity index (χ4n) is 2.87. The van der Waals surface area contributed by atoms with E-state index >= 15 is 0 Å². The lowest BCUT2D eigenvalue weighted by molar-refractivity contribution is -0.118. The number of nitrogens with one attached hydrogen (secondary N) is 2. The molecule has 8 nitrogen and oxygen atoms in total. The van der Waals surface area contributed by atoms with Crippen molar-refractivity contribution < 1.29 is 26.4 Å². The van der Waals surface area contributed by atoms with Crippen LogP contribution in [0.5, 0.6) is 5.75 Å². The van der Waals surface area contributed by atoms with Crippen LogP contribution >= 0.6 is 0 Å². The third-order valence-electron chi connectivity index (χ3n) is 4.07.